The molecule has 1 nitrogen and oxygen atoms in total. The second-order valence-electron chi connectivity index (χ2n) is 5.70. The predicted molar refractivity (Wildman–Crippen MR) is 67.2 cm³/mol. The van der Waals surface area contributed by atoms with Gasteiger partial charge in [-0.3, -0.25) is 0 Å². The Bertz CT molecular complexity index is 154. The Hall–Kier alpha value is 0.177. The lowest BCUT2D eigenvalue weighted by Crippen LogP contribution is -2.42. The topological polar surface area (TPSA) is 9.23 Å². The fourth-order valence-corrected chi connectivity index (χ4v) is 3.79. The van der Waals surface area contributed by atoms with E-state index < -0.39 is 8.32 Å². The minimum atomic E-state index is -1.40. The van der Waals surface area contributed by atoms with Gasteiger partial charge in [-0.25, -0.2) is 0 Å². The Morgan fingerprint density at radius 1 is 1.07 bits per heavy atom. The molecular weight excluding hydrogens is 188 g/mol. The van der Waals surface area contributed by atoms with Gasteiger partial charge in [0.05, 0.1) is 5.60 Å². The van der Waals surface area contributed by atoms with Gasteiger partial charge in [-0.05, 0) is 44.8 Å². The largest absolute Gasteiger partial charge is 0.412 e. The van der Waals surface area contributed by atoms with Crippen LogP contribution in [-0.2, 0) is 4.43 Å². The van der Waals surface area contributed by atoms with Crippen LogP contribution in [0, 0.1) is 5.92 Å². The molecule has 0 bridgehead atoms. The predicted octanol–water partition coefficient (Wildman–Crippen LogP) is 4.44. The zero-order valence-corrected chi connectivity index (χ0v) is 12.1. The lowest BCUT2D eigenvalue weighted by Gasteiger charge is -2.39. The van der Waals surface area contributed by atoms with Crippen LogP contribution in [0.2, 0.25) is 19.6 Å². The Morgan fingerprint density at radius 2 is 1.50 bits per heavy atom. The maximum atomic E-state index is 6.37. The first kappa shape index (κ1) is 14.2. The maximum absolute atomic E-state index is 6.37. The number of hydrogen-bond donors (Lipinski definition) is 0. The third-order valence-electron chi connectivity index (χ3n) is 2.59. The minimum absolute atomic E-state index is 0.151. The molecule has 0 N–H and O–H groups in total. The van der Waals surface area contributed by atoms with Crippen molar-refractivity contribution in [2.75, 3.05) is 0 Å². The van der Waals surface area contributed by atoms with Gasteiger partial charge in [-0.2, -0.15) is 0 Å². The van der Waals surface area contributed by atoms with Crippen LogP contribution in [-0.4, -0.2) is 13.9 Å². The molecule has 0 radical (unpaired) electrons. The highest BCUT2D eigenvalue weighted by molar-refractivity contribution is 6.69. The zero-order valence-electron chi connectivity index (χ0n) is 11.1. The normalized spacial score (nSPS) is 13.7. The molecule has 0 aromatic heterocycles. The lowest BCUT2D eigenvalue weighted by atomic mass is 9.88. The van der Waals surface area contributed by atoms with Crippen molar-refractivity contribution in [1.29, 1.82) is 0 Å². The van der Waals surface area contributed by atoms with Crippen LogP contribution >= 0.6 is 0 Å². The Kier molecular flexibility index (Phi) is 5.38. The van der Waals surface area contributed by atoms with Crippen molar-refractivity contribution in [3.05, 3.63) is 0 Å². The quantitative estimate of drug-likeness (QED) is 0.596. The molecule has 0 rings (SSSR count). The summed E-state index contributed by atoms with van der Waals surface area (Å²) in [5.74, 6) is 0.728. The Balaban J connectivity index is 4.53. The van der Waals surface area contributed by atoms with Crippen LogP contribution in [0.4, 0.5) is 0 Å². The first-order chi connectivity index (χ1) is 6.24. The van der Waals surface area contributed by atoms with E-state index in [1.54, 1.807) is 0 Å². The van der Waals surface area contributed by atoms with Crippen molar-refractivity contribution < 1.29 is 4.43 Å². The summed E-state index contributed by atoms with van der Waals surface area (Å²) in [6.45, 7) is 15.9. The van der Waals surface area contributed by atoms with Crippen LogP contribution in [0.25, 0.3) is 0 Å². The van der Waals surface area contributed by atoms with Crippen molar-refractivity contribution in [1.82, 2.24) is 0 Å². The summed E-state index contributed by atoms with van der Waals surface area (Å²) in [4.78, 5) is 0. The molecule has 0 aliphatic heterocycles. The number of hydrogen-bond acceptors (Lipinski definition) is 1. The van der Waals surface area contributed by atoms with E-state index in [4.69, 9.17) is 4.43 Å². The zero-order chi connectivity index (χ0) is 11.4. The second kappa shape index (κ2) is 5.31. The summed E-state index contributed by atoms with van der Waals surface area (Å²) in [7, 11) is -1.40. The van der Waals surface area contributed by atoms with E-state index in [9.17, 15) is 0 Å². The van der Waals surface area contributed by atoms with E-state index in [0.717, 1.165) is 18.8 Å². The van der Waals surface area contributed by atoms with E-state index >= 15 is 0 Å². The molecule has 0 saturated carbocycles. The monoisotopic (exact) mass is 216 g/mol. The van der Waals surface area contributed by atoms with E-state index in [1.807, 2.05) is 0 Å². The van der Waals surface area contributed by atoms with Crippen molar-refractivity contribution in [2.45, 2.75) is 72.2 Å². The molecule has 0 saturated heterocycles. The van der Waals surface area contributed by atoms with Crippen LogP contribution in [0.1, 0.15) is 47.0 Å². The SMILES string of the molecule is CCC(CC)(CC(C)C)O[Si](C)(C)C. The second-order valence-corrected chi connectivity index (χ2v) is 10.1. The van der Waals surface area contributed by atoms with E-state index in [-0.39, 0.29) is 5.60 Å². The average molecular weight is 216 g/mol. The highest BCUT2D eigenvalue weighted by atomic mass is 28.4. The van der Waals surface area contributed by atoms with Gasteiger partial charge in [0, 0.05) is 0 Å². The highest BCUT2D eigenvalue weighted by Crippen LogP contribution is 2.31. The van der Waals surface area contributed by atoms with Crippen LogP contribution in [0.3, 0.4) is 0 Å². The van der Waals surface area contributed by atoms with Gasteiger partial charge in [-0.1, -0.05) is 27.7 Å². The molecule has 0 unspecified atom stereocenters. The summed E-state index contributed by atoms with van der Waals surface area (Å²) in [6.07, 6.45) is 3.49. The molecule has 14 heavy (non-hydrogen) atoms. The van der Waals surface area contributed by atoms with Gasteiger partial charge in [-0.15, -0.1) is 0 Å². The first-order valence-corrected chi connectivity index (χ1v) is 9.35. The molecular formula is C12H28OSi. The molecule has 0 aromatic rings. The molecule has 0 aliphatic carbocycles. The molecule has 0 heterocycles. The van der Waals surface area contributed by atoms with E-state index in [1.165, 1.54) is 6.42 Å². The molecule has 0 spiro atoms. The summed E-state index contributed by atoms with van der Waals surface area (Å²) in [5.41, 5.74) is 0.151. The van der Waals surface area contributed by atoms with Crippen LogP contribution in [0.15, 0.2) is 0 Å². The molecule has 0 aromatic carbocycles. The minimum Gasteiger partial charge on any atom is -0.412 e. The lowest BCUT2D eigenvalue weighted by molar-refractivity contribution is 0.0310. The number of rotatable bonds is 6. The third-order valence-corrected chi connectivity index (χ3v) is 3.64. The summed E-state index contributed by atoms with van der Waals surface area (Å²) < 4.78 is 6.37. The molecule has 86 valence electrons. The highest BCUT2D eigenvalue weighted by Gasteiger charge is 2.33. The van der Waals surface area contributed by atoms with Gasteiger partial charge in [0.1, 0.15) is 0 Å². The summed E-state index contributed by atoms with van der Waals surface area (Å²) in [5, 5.41) is 0. The average Bonchev–Trinajstić information content (AvgIpc) is 1.99. The van der Waals surface area contributed by atoms with Gasteiger partial charge in [0.2, 0.25) is 0 Å². The first-order valence-electron chi connectivity index (χ1n) is 5.95. The molecule has 0 fully saturated rings. The smallest absolute Gasteiger partial charge is 0.184 e. The van der Waals surface area contributed by atoms with Crippen LogP contribution in [0.5, 0.6) is 0 Å². The van der Waals surface area contributed by atoms with Crippen molar-refractivity contribution in [3.8, 4) is 0 Å². The fraction of sp³-hybridized carbons (Fsp3) is 1.00. The maximum Gasteiger partial charge on any atom is 0.184 e. The van der Waals surface area contributed by atoms with E-state index in [0.29, 0.717) is 0 Å². The van der Waals surface area contributed by atoms with Crippen molar-refractivity contribution in [2.24, 2.45) is 5.92 Å². The van der Waals surface area contributed by atoms with Gasteiger partial charge < -0.3 is 4.43 Å². The van der Waals surface area contributed by atoms with Gasteiger partial charge >= 0.3 is 0 Å². The Labute approximate surface area is 91.4 Å². The van der Waals surface area contributed by atoms with Crippen molar-refractivity contribution >= 4 is 8.32 Å². The van der Waals surface area contributed by atoms with Gasteiger partial charge in [0.15, 0.2) is 8.32 Å². The Morgan fingerprint density at radius 3 is 1.71 bits per heavy atom. The third kappa shape index (κ3) is 5.16. The summed E-state index contributed by atoms with van der Waals surface area (Å²) in [6, 6.07) is 0. The van der Waals surface area contributed by atoms with Crippen LogP contribution < -0.4 is 0 Å². The van der Waals surface area contributed by atoms with E-state index in [2.05, 4.69) is 47.3 Å². The molecule has 0 aliphatic rings. The molecule has 0 atom stereocenters. The standard InChI is InChI=1S/C12H28OSi/c1-8-12(9-2,10-11(3)4)13-14(5,6)7/h11H,8-10H2,1-7H3. The summed E-state index contributed by atoms with van der Waals surface area (Å²) >= 11 is 0. The van der Waals surface area contributed by atoms with Crippen molar-refractivity contribution in [3.63, 3.8) is 0 Å². The fourth-order valence-electron chi connectivity index (χ4n) is 2.12. The molecule has 2 heteroatoms. The van der Waals surface area contributed by atoms with Gasteiger partial charge in [0.25, 0.3) is 0 Å². The molecule has 0 amide bonds.